The molecule has 9 heteroatoms. The molecule has 5 rings (SSSR count). The molecule has 0 unspecified atom stereocenters. The Morgan fingerprint density at radius 3 is 2.69 bits per heavy atom. The second-order valence-corrected chi connectivity index (χ2v) is 10.3. The number of hydrogen-bond donors (Lipinski definition) is 1. The van der Waals surface area contributed by atoms with E-state index < -0.39 is 11.6 Å². The molecule has 2 atom stereocenters. The molecule has 2 amide bonds. The number of halogens is 3. The van der Waals surface area contributed by atoms with Gasteiger partial charge in [0.25, 0.3) is 0 Å². The lowest BCUT2D eigenvalue weighted by Crippen LogP contribution is -2.38. The number of rotatable bonds is 3. The predicted octanol–water partition coefficient (Wildman–Crippen LogP) is 6.80. The lowest BCUT2D eigenvalue weighted by atomic mass is 9.92. The van der Waals surface area contributed by atoms with Crippen LogP contribution in [-0.2, 0) is 9.59 Å². The Labute approximate surface area is 230 Å². The van der Waals surface area contributed by atoms with Crippen molar-refractivity contribution in [1.29, 1.82) is 0 Å². The summed E-state index contributed by atoms with van der Waals surface area (Å²) in [5, 5.41) is 2.85. The number of pyridine rings is 1. The van der Waals surface area contributed by atoms with E-state index in [9.17, 15) is 18.4 Å². The quantitative estimate of drug-likeness (QED) is 0.363. The number of aromatic nitrogens is 1. The van der Waals surface area contributed by atoms with Crippen LogP contribution in [0, 0.1) is 17.6 Å². The summed E-state index contributed by atoms with van der Waals surface area (Å²) in [6, 6.07) is 11.2. The zero-order valence-corrected chi connectivity index (χ0v) is 22.4. The molecule has 2 aliphatic rings. The van der Waals surface area contributed by atoms with E-state index >= 15 is 0 Å². The van der Waals surface area contributed by atoms with Crippen molar-refractivity contribution in [3.05, 3.63) is 82.7 Å². The first-order valence-corrected chi connectivity index (χ1v) is 13.2. The van der Waals surface area contributed by atoms with Gasteiger partial charge in [-0.25, -0.2) is 8.78 Å². The van der Waals surface area contributed by atoms with Gasteiger partial charge in [-0.15, -0.1) is 0 Å². The van der Waals surface area contributed by atoms with E-state index in [1.54, 1.807) is 24.3 Å². The van der Waals surface area contributed by atoms with Crippen molar-refractivity contribution < 1.29 is 23.1 Å². The largest absolute Gasteiger partial charge is 0.497 e. The Morgan fingerprint density at radius 2 is 1.92 bits per heavy atom. The number of ether oxygens (including phenoxy) is 1. The molecule has 1 aromatic heterocycles. The Balaban J connectivity index is 1.53. The molecule has 3 aromatic rings. The molecule has 0 saturated carbocycles. The van der Waals surface area contributed by atoms with Gasteiger partial charge in [0.15, 0.2) is 5.82 Å². The maximum absolute atomic E-state index is 14.7. The molecular weight excluding hydrogens is 524 g/mol. The maximum Gasteiger partial charge on any atom is 0.247 e. The monoisotopic (exact) mass is 551 g/mol. The predicted molar refractivity (Wildman–Crippen MR) is 146 cm³/mol. The number of anilines is 1. The molecule has 3 heterocycles. The number of fused-ring (bicyclic) bond motifs is 4. The molecule has 2 aliphatic heterocycles. The van der Waals surface area contributed by atoms with Crippen LogP contribution in [0.3, 0.4) is 0 Å². The highest BCUT2D eigenvalue weighted by Crippen LogP contribution is 2.38. The van der Waals surface area contributed by atoms with Gasteiger partial charge in [-0.1, -0.05) is 24.9 Å². The average Bonchev–Trinajstić information content (AvgIpc) is 2.93. The van der Waals surface area contributed by atoms with E-state index in [1.807, 2.05) is 31.2 Å². The molecule has 202 valence electrons. The first kappa shape index (κ1) is 26.8. The molecule has 0 fully saturated rings. The highest BCUT2D eigenvalue weighted by molar-refractivity contribution is 6.31. The number of hydrogen-bond acceptors (Lipinski definition) is 4. The van der Waals surface area contributed by atoms with Crippen LogP contribution in [0.5, 0.6) is 5.75 Å². The van der Waals surface area contributed by atoms with E-state index in [2.05, 4.69) is 10.3 Å². The van der Waals surface area contributed by atoms with Gasteiger partial charge in [-0.3, -0.25) is 14.6 Å². The van der Waals surface area contributed by atoms with Crippen LogP contribution >= 0.6 is 11.6 Å². The summed E-state index contributed by atoms with van der Waals surface area (Å²) < 4.78 is 34.6. The van der Waals surface area contributed by atoms with Gasteiger partial charge in [-0.2, -0.15) is 0 Å². The first-order valence-electron chi connectivity index (χ1n) is 12.9. The van der Waals surface area contributed by atoms with E-state index in [0.29, 0.717) is 36.4 Å². The van der Waals surface area contributed by atoms with Gasteiger partial charge in [0.2, 0.25) is 11.8 Å². The minimum Gasteiger partial charge on any atom is -0.497 e. The summed E-state index contributed by atoms with van der Waals surface area (Å²) in [4.78, 5) is 32.7. The van der Waals surface area contributed by atoms with Crippen LogP contribution in [-0.4, -0.2) is 35.4 Å². The smallest absolute Gasteiger partial charge is 0.247 e. The third kappa shape index (κ3) is 5.39. The molecule has 0 spiro atoms. The summed E-state index contributed by atoms with van der Waals surface area (Å²) in [5.41, 5.74) is 2.99. The van der Waals surface area contributed by atoms with Crippen LogP contribution < -0.4 is 10.1 Å². The number of methoxy groups -OCH3 is 1. The van der Waals surface area contributed by atoms with Gasteiger partial charge in [0, 0.05) is 36.4 Å². The van der Waals surface area contributed by atoms with Crippen LogP contribution in [0.1, 0.15) is 49.9 Å². The maximum atomic E-state index is 14.7. The molecule has 6 nitrogen and oxygen atoms in total. The minimum atomic E-state index is -0.868. The molecule has 39 heavy (non-hydrogen) atoms. The zero-order valence-electron chi connectivity index (χ0n) is 21.6. The van der Waals surface area contributed by atoms with E-state index in [1.165, 1.54) is 6.08 Å². The molecular formula is C30H28ClF2N3O3. The highest BCUT2D eigenvalue weighted by atomic mass is 35.5. The summed E-state index contributed by atoms with van der Waals surface area (Å²) in [5.74, 6) is -1.71. The third-order valence-electron chi connectivity index (χ3n) is 7.42. The molecule has 2 aromatic carbocycles. The molecule has 0 aliphatic carbocycles. The van der Waals surface area contributed by atoms with Crippen molar-refractivity contribution in [3.8, 4) is 16.9 Å². The van der Waals surface area contributed by atoms with Crippen molar-refractivity contribution in [3.63, 3.8) is 0 Å². The summed E-state index contributed by atoms with van der Waals surface area (Å²) >= 11 is 5.88. The lowest BCUT2D eigenvalue weighted by molar-refractivity contribution is -0.129. The van der Waals surface area contributed by atoms with E-state index in [0.717, 1.165) is 23.3 Å². The van der Waals surface area contributed by atoms with Gasteiger partial charge in [-0.05, 0) is 66.8 Å². The van der Waals surface area contributed by atoms with Crippen molar-refractivity contribution in [2.75, 3.05) is 19.0 Å². The average molecular weight is 552 g/mol. The fourth-order valence-electron chi connectivity index (χ4n) is 5.25. The summed E-state index contributed by atoms with van der Waals surface area (Å²) in [7, 11) is 1.57. The molecule has 0 radical (unpaired) electrons. The fourth-order valence-corrected chi connectivity index (χ4v) is 5.41. The lowest BCUT2D eigenvalue weighted by Gasteiger charge is -2.34. The SMILES string of the molecule is COc1ccc2c(c1)NC(=O)[C@H](C)CCC[C@H](N1CCC(c3c(F)ccc(Cl)c3F)=CC1=O)c1cc-2ccn1. The van der Waals surface area contributed by atoms with Gasteiger partial charge >= 0.3 is 0 Å². The van der Waals surface area contributed by atoms with E-state index in [4.69, 9.17) is 16.3 Å². The molecule has 2 bridgehead atoms. The van der Waals surface area contributed by atoms with Crippen molar-refractivity contribution >= 4 is 34.7 Å². The molecule has 1 N–H and O–H groups in total. The van der Waals surface area contributed by atoms with Crippen molar-refractivity contribution in [2.24, 2.45) is 5.92 Å². The van der Waals surface area contributed by atoms with Crippen LogP contribution in [0.2, 0.25) is 5.02 Å². The highest BCUT2D eigenvalue weighted by Gasteiger charge is 2.31. The minimum absolute atomic E-state index is 0.0943. The normalized spacial score (nSPS) is 19.8. The topological polar surface area (TPSA) is 71.5 Å². The Kier molecular flexibility index (Phi) is 7.66. The molecule has 0 saturated heterocycles. The van der Waals surface area contributed by atoms with Crippen molar-refractivity contribution in [2.45, 2.75) is 38.6 Å². The summed E-state index contributed by atoms with van der Waals surface area (Å²) in [6.45, 7) is 2.14. The van der Waals surface area contributed by atoms with Crippen LogP contribution in [0.4, 0.5) is 14.5 Å². The summed E-state index contributed by atoms with van der Waals surface area (Å²) in [6.07, 6.45) is 5.11. The number of amides is 2. The number of carbonyl (C=O) groups is 2. The second-order valence-electron chi connectivity index (χ2n) is 9.89. The van der Waals surface area contributed by atoms with Gasteiger partial charge < -0.3 is 15.0 Å². The van der Waals surface area contributed by atoms with Crippen molar-refractivity contribution in [1.82, 2.24) is 9.88 Å². The van der Waals surface area contributed by atoms with Crippen LogP contribution in [0.15, 0.2) is 54.7 Å². The number of carbonyl (C=O) groups excluding carboxylic acids is 2. The Hall–Kier alpha value is -3.78. The van der Waals surface area contributed by atoms with E-state index in [-0.39, 0.29) is 52.9 Å². The second kappa shape index (κ2) is 11.1. The first-order chi connectivity index (χ1) is 18.8. The fraction of sp³-hybridized carbons (Fsp3) is 0.300. The van der Waals surface area contributed by atoms with Gasteiger partial charge in [0.05, 0.1) is 35.1 Å². The number of benzene rings is 2. The Morgan fingerprint density at radius 1 is 1.10 bits per heavy atom. The van der Waals surface area contributed by atoms with Crippen LogP contribution in [0.25, 0.3) is 16.7 Å². The third-order valence-corrected chi connectivity index (χ3v) is 7.72. The number of nitrogens with one attached hydrogen (secondary N) is 1. The number of nitrogens with zero attached hydrogens (tertiary/aromatic N) is 2. The zero-order chi connectivity index (χ0) is 27.7. The Bertz CT molecular complexity index is 1480. The standard InChI is InChI=1S/C30H28ClF2N3O3/c1-17-4-3-5-26(36-13-11-19(15-27(36)37)28-23(32)9-8-22(31)29(28)33)25-14-18(10-12-34-25)21-7-6-20(39-2)16-24(21)35-30(17)38/h6-10,12,14-17,26H,3-5,11,13H2,1-2H3,(H,35,38)/t17-,26+/m1/s1. The van der Waals surface area contributed by atoms with Gasteiger partial charge in [0.1, 0.15) is 11.6 Å².